The number of ether oxygens (including phenoxy) is 1. The molecule has 0 radical (unpaired) electrons. The molecule has 0 amide bonds. The Morgan fingerprint density at radius 2 is 2.32 bits per heavy atom. The summed E-state index contributed by atoms with van der Waals surface area (Å²) in [4.78, 5) is 0. The van der Waals surface area contributed by atoms with Gasteiger partial charge in [0.1, 0.15) is 11.5 Å². The third-order valence-corrected chi connectivity index (χ3v) is 5.32. The summed E-state index contributed by atoms with van der Waals surface area (Å²) in [5, 5.41) is 13.6. The maximum Gasteiger partial charge on any atom is 0.124 e. The fourth-order valence-corrected chi connectivity index (χ4v) is 3.73. The zero-order valence-electron chi connectivity index (χ0n) is 11.9. The lowest BCUT2D eigenvalue weighted by atomic mass is 10.0. The van der Waals surface area contributed by atoms with Crippen LogP contribution in [0.25, 0.3) is 0 Å². The van der Waals surface area contributed by atoms with Gasteiger partial charge in [-0.1, -0.05) is 6.07 Å². The van der Waals surface area contributed by atoms with Crippen LogP contribution >= 0.6 is 11.8 Å². The number of thioether (sulfide) groups is 1. The molecule has 1 aliphatic heterocycles. The van der Waals surface area contributed by atoms with Gasteiger partial charge < -0.3 is 15.2 Å². The molecule has 4 heteroatoms. The molecule has 1 saturated heterocycles. The first-order chi connectivity index (χ1) is 9.04. The largest absolute Gasteiger partial charge is 0.507 e. The van der Waals surface area contributed by atoms with Crippen molar-refractivity contribution in [1.82, 2.24) is 5.32 Å². The highest BCUT2D eigenvalue weighted by molar-refractivity contribution is 8.00. The molecule has 2 N–H and O–H groups in total. The van der Waals surface area contributed by atoms with Gasteiger partial charge in [-0.3, -0.25) is 0 Å². The van der Waals surface area contributed by atoms with Crippen LogP contribution in [-0.2, 0) is 0 Å². The molecule has 19 heavy (non-hydrogen) atoms. The van der Waals surface area contributed by atoms with Gasteiger partial charge in [0.05, 0.1) is 7.11 Å². The molecule has 1 aromatic carbocycles. The van der Waals surface area contributed by atoms with Crippen LogP contribution in [0.2, 0.25) is 0 Å². The fraction of sp³-hybridized carbons (Fsp3) is 0.600. The second-order valence-corrected chi connectivity index (χ2v) is 7.11. The first-order valence-electron chi connectivity index (χ1n) is 6.78. The molecule has 0 aromatic heterocycles. The second kappa shape index (κ2) is 6.06. The van der Waals surface area contributed by atoms with E-state index in [2.05, 4.69) is 19.2 Å². The Balaban J connectivity index is 1.97. The highest BCUT2D eigenvalue weighted by atomic mass is 32.2. The van der Waals surface area contributed by atoms with E-state index in [-0.39, 0.29) is 6.04 Å². The summed E-state index contributed by atoms with van der Waals surface area (Å²) in [6.07, 6.45) is 2.58. The van der Waals surface area contributed by atoms with Crippen molar-refractivity contribution in [2.45, 2.75) is 37.5 Å². The lowest BCUT2D eigenvalue weighted by Crippen LogP contribution is -2.34. The highest BCUT2D eigenvalue weighted by Gasteiger charge is 2.29. The van der Waals surface area contributed by atoms with Crippen LogP contribution < -0.4 is 10.1 Å². The third kappa shape index (κ3) is 3.57. The standard InChI is InChI=1S/C15H23NO2S/c1-11(16-10-15(2)7-4-8-19-15)13-6-5-12(18-3)9-14(13)17/h5-6,9,11,16-17H,4,7-8,10H2,1-3H3. The van der Waals surface area contributed by atoms with Crippen molar-refractivity contribution in [3.63, 3.8) is 0 Å². The molecule has 1 fully saturated rings. The van der Waals surface area contributed by atoms with Gasteiger partial charge in [0.2, 0.25) is 0 Å². The van der Waals surface area contributed by atoms with E-state index in [4.69, 9.17) is 4.74 Å². The number of rotatable bonds is 5. The van der Waals surface area contributed by atoms with Crippen LogP contribution in [0.15, 0.2) is 18.2 Å². The van der Waals surface area contributed by atoms with Crippen LogP contribution in [0.4, 0.5) is 0 Å². The first-order valence-corrected chi connectivity index (χ1v) is 7.77. The summed E-state index contributed by atoms with van der Waals surface area (Å²) in [5.41, 5.74) is 0.924. The summed E-state index contributed by atoms with van der Waals surface area (Å²) in [6, 6.07) is 5.62. The Labute approximate surface area is 119 Å². The van der Waals surface area contributed by atoms with Gasteiger partial charge in [0.25, 0.3) is 0 Å². The predicted octanol–water partition coefficient (Wildman–Crippen LogP) is 3.34. The minimum absolute atomic E-state index is 0.143. The number of benzene rings is 1. The van der Waals surface area contributed by atoms with Gasteiger partial charge in [0, 0.05) is 29.0 Å². The van der Waals surface area contributed by atoms with Gasteiger partial charge in [-0.25, -0.2) is 0 Å². The van der Waals surface area contributed by atoms with E-state index >= 15 is 0 Å². The van der Waals surface area contributed by atoms with E-state index in [1.54, 1.807) is 13.2 Å². The van der Waals surface area contributed by atoms with Gasteiger partial charge in [-0.05, 0) is 38.5 Å². The lowest BCUT2D eigenvalue weighted by molar-refractivity contribution is 0.403. The quantitative estimate of drug-likeness (QED) is 0.868. The molecule has 0 spiro atoms. The minimum atomic E-state index is 0.143. The smallest absolute Gasteiger partial charge is 0.124 e. The van der Waals surface area contributed by atoms with Crippen LogP contribution in [0.1, 0.15) is 38.3 Å². The minimum Gasteiger partial charge on any atom is -0.507 e. The van der Waals surface area contributed by atoms with Gasteiger partial charge in [0.15, 0.2) is 0 Å². The zero-order valence-corrected chi connectivity index (χ0v) is 12.7. The molecule has 2 atom stereocenters. The number of phenolic OH excluding ortho intramolecular Hbond substituents is 1. The summed E-state index contributed by atoms with van der Waals surface area (Å²) in [5.74, 6) is 2.25. The van der Waals surface area contributed by atoms with Crippen molar-refractivity contribution in [1.29, 1.82) is 0 Å². The first kappa shape index (κ1) is 14.5. The van der Waals surface area contributed by atoms with Gasteiger partial charge >= 0.3 is 0 Å². The van der Waals surface area contributed by atoms with Crippen molar-refractivity contribution < 1.29 is 9.84 Å². The zero-order chi connectivity index (χ0) is 13.9. The highest BCUT2D eigenvalue weighted by Crippen LogP contribution is 2.37. The summed E-state index contributed by atoms with van der Waals surface area (Å²) in [6.45, 7) is 5.38. The fourth-order valence-electron chi connectivity index (χ4n) is 2.47. The second-order valence-electron chi connectivity index (χ2n) is 5.43. The molecule has 3 nitrogen and oxygen atoms in total. The Morgan fingerprint density at radius 1 is 1.53 bits per heavy atom. The van der Waals surface area contributed by atoms with E-state index < -0.39 is 0 Å². The van der Waals surface area contributed by atoms with Crippen molar-refractivity contribution in [2.75, 3.05) is 19.4 Å². The topological polar surface area (TPSA) is 41.5 Å². The third-order valence-electron chi connectivity index (χ3n) is 3.79. The van der Waals surface area contributed by atoms with E-state index in [1.165, 1.54) is 18.6 Å². The summed E-state index contributed by atoms with van der Waals surface area (Å²) < 4.78 is 5.45. The molecule has 1 heterocycles. The van der Waals surface area contributed by atoms with Gasteiger partial charge in [-0.15, -0.1) is 0 Å². The molecule has 0 saturated carbocycles. The monoisotopic (exact) mass is 281 g/mol. The van der Waals surface area contributed by atoms with E-state index in [0.29, 0.717) is 16.2 Å². The Hall–Kier alpha value is -0.870. The predicted molar refractivity (Wildman–Crippen MR) is 81.2 cm³/mol. The average molecular weight is 281 g/mol. The van der Waals surface area contributed by atoms with Gasteiger partial charge in [-0.2, -0.15) is 11.8 Å². The molecule has 1 aromatic rings. The number of phenols is 1. The van der Waals surface area contributed by atoms with E-state index in [1.807, 2.05) is 23.9 Å². The summed E-state index contributed by atoms with van der Waals surface area (Å²) >= 11 is 2.05. The van der Waals surface area contributed by atoms with Crippen molar-refractivity contribution in [3.8, 4) is 11.5 Å². The molecular formula is C15H23NO2S. The number of hydrogen-bond donors (Lipinski definition) is 2. The molecule has 0 bridgehead atoms. The molecule has 2 rings (SSSR count). The normalized spacial score (nSPS) is 24.4. The van der Waals surface area contributed by atoms with Crippen molar-refractivity contribution >= 4 is 11.8 Å². The van der Waals surface area contributed by atoms with Crippen molar-refractivity contribution in [3.05, 3.63) is 23.8 Å². The molecule has 2 unspecified atom stereocenters. The molecule has 1 aliphatic rings. The Morgan fingerprint density at radius 3 is 2.89 bits per heavy atom. The maximum atomic E-state index is 10.0. The summed E-state index contributed by atoms with van der Waals surface area (Å²) in [7, 11) is 1.61. The number of nitrogens with one attached hydrogen (secondary N) is 1. The number of hydrogen-bond acceptors (Lipinski definition) is 4. The van der Waals surface area contributed by atoms with Crippen LogP contribution in [0.5, 0.6) is 11.5 Å². The Kier molecular flexibility index (Phi) is 4.63. The lowest BCUT2D eigenvalue weighted by Gasteiger charge is -2.26. The average Bonchev–Trinajstić information content (AvgIpc) is 2.83. The van der Waals surface area contributed by atoms with E-state index in [9.17, 15) is 5.11 Å². The maximum absolute atomic E-state index is 10.0. The van der Waals surface area contributed by atoms with Crippen LogP contribution in [-0.4, -0.2) is 29.3 Å². The number of aromatic hydroxyl groups is 1. The molecular weight excluding hydrogens is 258 g/mol. The number of methoxy groups -OCH3 is 1. The Bertz CT molecular complexity index is 430. The van der Waals surface area contributed by atoms with E-state index in [0.717, 1.165) is 12.1 Å². The van der Waals surface area contributed by atoms with Crippen molar-refractivity contribution in [2.24, 2.45) is 0 Å². The molecule has 106 valence electrons. The van der Waals surface area contributed by atoms with Crippen LogP contribution in [0, 0.1) is 0 Å². The SMILES string of the molecule is COc1ccc(C(C)NCC2(C)CCCS2)c(O)c1. The van der Waals surface area contributed by atoms with Crippen LogP contribution in [0.3, 0.4) is 0 Å². The molecule has 0 aliphatic carbocycles.